The van der Waals surface area contributed by atoms with Crippen molar-refractivity contribution < 1.29 is 14.6 Å². The van der Waals surface area contributed by atoms with Gasteiger partial charge in [-0.2, -0.15) is 0 Å². The van der Waals surface area contributed by atoms with Gasteiger partial charge in [-0.15, -0.1) is 0 Å². The van der Waals surface area contributed by atoms with Crippen LogP contribution in [-0.2, 0) is 11.3 Å². The third-order valence-corrected chi connectivity index (χ3v) is 3.54. The normalized spacial score (nSPS) is 19.3. The van der Waals surface area contributed by atoms with Gasteiger partial charge in [-0.1, -0.05) is 12.1 Å². The molecule has 2 N–H and O–H groups in total. The smallest absolute Gasteiger partial charge is 0.162 e. The molecule has 1 heterocycles. The Hall–Kier alpha value is -1.26. The fraction of sp³-hybridized carbons (Fsp3) is 0.600. The maximum absolute atomic E-state index is 9.95. The minimum atomic E-state index is 0.228. The zero-order chi connectivity index (χ0) is 13.5. The molecule has 1 unspecified atom stereocenters. The van der Waals surface area contributed by atoms with Gasteiger partial charge >= 0.3 is 0 Å². The predicted octanol–water partition coefficient (Wildman–Crippen LogP) is 2.45. The molecular formula is C15H23NO3. The first-order valence-corrected chi connectivity index (χ1v) is 6.98. The van der Waals surface area contributed by atoms with Crippen LogP contribution in [0.1, 0.15) is 31.2 Å². The maximum atomic E-state index is 9.95. The van der Waals surface area contributed by atoms with Crippen molar-refractivity contribution in [3.05, 3.63) is 23.8 Å². The molecule has 0 spiro atoms. The molecule has 0 bridgehead atoms. The van der Waals surface area contributed by atoms with E-state index in [2.05, 4.69) is 5.32 Å². The van der Waals surface area contributed by atoms with E-state index in [0.717, 1.165) is 25.1 Å². The Morgan fingerprint density at radius 1 is 1.42 bits per heavy atom. The average Bonchev–Trinajstić information content (AvgIpc) is 2.46. The lowest BCUT2D eigenvalue weighted by Crippen LogP contribution is -2.25. The van der Waals surface area contributed by atoms with Gasteiger partial charge in [-0.25, -0.2) is 0 Å². The van der Waals surface area contributed by atoms with Crippen molar-refractivity contribution in [1.82, 2.24) is 5.32 Å². The van der Waals surface area contributed by atoms with Crippen LogP contribution in [0.5, 0.6) is 11.5 Å². The first-order valence-electron chi connectivity index (χ1n) is 6.98. The Labute approximate surface area is 114 Å². The van der Waals surface area contributed by atoms with Crippen LogP contribution in [0.3, 0.4) is 0 Å². The Bertz CT molecular complexity index is 389. The Balaban J connectivity index is 1.73. The molecular weight excluding hydrogens is 242 g/mol. The summed E-state index contributed by atoms with van der Waals surface area (Å²) >= 11 is 0. The largest absolute Gasteiger partial charge is 0.504 e. The van der Waals surface area contributed by atoms with Crippen molar-refractivity contribution >= 4 is 0 Å². The van der Waals surface area contributed by atoms with E-state index in [1.807, 2.05) is 12.1 Å². The molecule has 2 rings (SSSR count). The van der Waals surface area contributed by atoms with Crippen molar-refractivity contribution in [2.45, 2.75) is 38.3 Å². The Kier molecular flexibility index (Phi) is 5.48. The highest BCUT2D eigenvalue weighted by Gasteiger charge is 2.13. The molecule has 0 saturated carbocycles. The van der Waals surface area contributed by atoms with Crippen molar-refractivity contribution in [2.24, 2.45) is 0 Å². The van der Waals surface area contributed by atoms with Gasteiger partial charge in [0.1, 0.15) is 0 Å². The summed E-state index contributed by atoms with van der Waals surface area (Å²) in [6.45, 7) is 2.46. The third kappa shape index (κ3) is 4.11. The van der Waals surface area contributed by atoms with Crippen LogP contribution in [-0.4, -0.2) is 31.5 Å². The summed E-state index contributed by atoms with van der Waals surface area (Å²) < 4.78 is 10.8. The van der Waals surface area contributed by atoms with E-state index in [1.165, 1.54) is 19.3 Å². The molecule has 106 valence electrons. The fourth-order valence-corrected chi connectivity index (χ4v) is 2.40. The van der Waals surface area contributed by atoms with Crippen LogP contribution in [0, 0.1) is 0 Å². The quantitative estimate of drug-likeness (QED) is 0.776. The van der Waals surface area contributed by atoms with Crippen molar-refractivity contribution in [3.63, 3.8) is 0 Å². The maximum Gasteiger partial charge on any atom is 0.162 e. The van der Waals surface area contributed by atoms with Gasteiger partial charge in [-0.05, 0) is 38.3 Å². The topological polar surface area (TPSA) is 50.7 Å². The van der Waals surface area contributed by atoms with Crippen molar-refractivity contribution in [3.8, 4) is 11.5 Å². The second-order valence-electron chi connectivity index (χ2n) is 4.92. The number of hydrogen-bond acceptors (Lipinski definition) is 4. The van der Waals surface area contributed by atoms with E-state index >= 15 is 0 Å². The van der Waals surface area contributed by atoms with E-state index in [-0.39, 0.29) is 5.75 Å². The van der Waals surface area contributed by atoms with Gasteiger partial charge in [0.25, 0.3) is 0 Å². The SMILES string of the molecule is COc1cccc(CNCCC2CCCCO2)c1O. The van der Waals surface area contributed by atoms with Gasteiger partial charge in [-0.3, -0.25) is 0 Å². The van der Waals surface area contributed by atoms with Gasteiger partial charge in [0.15, 0.2) is 11.5 Å². The summed E-state index contributed by atoms with van der Waals surface area (Å²) in [4.78, 5) is 0. The number of ether oxygens (including phenoxy) is 2. The second kappa shape index (κ2) is 7.36. The lowest BCUT2D eigenvalue weighted by Gasteiger charge is -2.22. The van der Waals surface area contributed by atoms with E-state index in [0.29, 0.717) is 18.4 Å². The van der Waals surface area contributed by atoms with Crippen LogP contribution in [0.15, 0.2) is 18.2 Å². The molecule has 19 heavy (non-hydrogen) atoms. The molecule has 4 heteroatoms. The zero-order valence-corrected chi connectivity index (χ0v) is 11.5. The number of aromatic hydroxyl groups is 1. The Morgan fingerprint density at radius 3 is 3.05 bits per heavy atom. The van der Waals surface area contributed by atoms with Crippen LogP contribution >= 0.6 is 0 Å². The minimum absolute atomic E-state index is 0.228. The highest BCUT2D eigenvalue weighted by Crippen LogP contribution is 2.29. The molecule has 0 amide bonds. The third-order valence-electron chi connectivity index (χ3n) is 3.54. The van der Waals surface area contributed by atoms with Crippen molar-refractivity contribution in [1.29, 1.82) is 0 Å². The average molecular weight is 265 g/mol. The van der Waals surface area contributed by atoms with Gasteiger partial charge < -0.3 is 19.9 Å². The molecule has 0 aromatic heterocycles. The number of phenolic OH excluding ortho intramolecular Hbond substituents is 1. The van der Waals surface area contributed by atoms with E-state index < -0.39 is 0 Å². The van der Waals surface area contributed by atoms with E-state index in [1.54, 1.807) is 13.2 Å². The fourth-order valence-electron chi connectivity index (χ4n) is 2.40. The molecule has 0 aliphatic carbocycles. The monoisotopic (exact) mass is 265 g/mol. The molecule has 1 aromatic carbocycles. The standard InChI is InChI=1S/C15H23NO3/c1-18-14-7-4-5-12(15(14)17)11-16-9-8-13-6-2-3-10-19-13/h4-5,7,13,16-17H,2-3,6,8-11H2,1H3. The lowest BCUT2D eigenvalue weighted by atomic mass is 10.1. The highest BCUT2D eigenvalue weighted by molar-refractivity contribution is 5.45. The molecule has 0 radical (unpaired) electrons. The summed E-state index contributed by atoms with van der Waals surface area (Å²) in [7, 11) is 1.56. The van der Waals surface area contributed by atoms with Crippen LogP contribution in [0.2, 0.25) is 0 Å². The van der Waals surface area contributed by atoms with E-state index in [4.69, 9.17) is 9.47 Å². The molecule has 1 aliphatic heterocycles. The number of methoxy groups -OCH3 is 1. The number of rotatable bonds is 6. The second-order valence-corrected chi connectivity index (χ2v) is 4.92. The number of para-hydroxylation sites is 1. The number of nitrogens with one attached hydrogen (secondary N) is 1. The van der Waals surface area contributed by atoms with Gasteiger partial charge in [0.2, 0.25) is 0 Å². The minimum Gasteiger partial charge on any atom is -0.504 e. The number of phenols is 1. The molecule has 1 saturated heterocycles. The van der Waals surface area contributed by atoms with E-state index in [9.17, 15) is 5.11 Å². The predicted molar refractivity (Wildman–Crippen MR) is 74.6 cm³/mol. The summed E-state index contributed by atoms with van der Waals surface area (Å²) in [5, 5.41) is 13.3. The van der Waals surface area contributed by atoms with Crippen LogP contribution in [0.4, 0.5) is 0 Å². The number of hydrogen-bond donors (Lipinski definition) is 2. The van der Waals surface area contributed by atoms with Crippen LogP contribution in [0.25, 0.3) is 0 Å². The van der Waals surface area contributed by atoms with Gasteiger partial charge in [0, 0.05) is 18.7 Å². The summed E-state index contributed by atoms with van der Waals surface area (Å²) in [6.07, 6.45) is 5.08. The molecule has 4 nitrogen and oxygen atoms in total. The summed E-state index contributed by atoms with van der Waals surface area (Å²) in [5.41, 5.74) is 0.865. The highest BCUT2D eigenvalue weighted by atomic mass is 16.5. The first-order chi connectivity index (χ1) is 9.31. The number of benzene rings is 1. The Morgan fingerprint density at radius 2 is 2.32 bits per heavy atom. The lowest BCUT2D eigenvalue weighted by molar-refractivity contribution is 0.0115. The van der Waals surface area contributed by atoms with Crippen molar-refractivity contribution in [2.75, 3.05) is 20.3 Å². The molecule has 1 aromatic rings. The first kappa shape index (κ1) is 14.2. The summed E-state index contributed by atoms with van der Waals surface area (Å²) in [6, 6.07) is 5.55. The van der Waals surface area contributed by atoms with Gasteiger partial charge in [0.05, 0.1) is 13.2 Å². The van der Waals surface area contributed by atoms with Crippen LogP contribution < -0.4 is 10.1 Å². The molecule has 1 atom stereocenters. The zero-order valence-electron chi connectivity index (χ0n) is 11.5. The molecule has 1 aliphatic rings. The summed E-state index contributed by atoms with van der Waals surface area (Å²) in [5.74, 6) is 0.751. The molecule has 1 fully saturated rings.